The molecule has 2 N–H and O–H groups in total. The molecule has 0 radical (unpaired) electrons. The summed E-state index contributed by atoms with van der Waals surface area (Å²) in [5.74, 6) is -2.03. The molecular weight excluding hydrogens is 344 g/mol. The molecule has 4 rings (SSSR count). The maximum atomic E-state index is 13.8. The van der Waals surface area contributed by atoms with Crippen LogP contribution in [0.25, 0.3) is 33.3 Å². The summed E-state index contributed by atoms with van der Waals surface area (Å²) in [6, 6.07) is 3.27. The summed E-state index contributed by atoms with van der Waals surface area (Å²) in [6.07, 6.45) is 0. The molecule has 0 aliphatic rings. The molecule has 0 unspecified atom stereocenters. The summed E-state index contributed by atoms with van der Waals surface area (Å²) in [5.41, 5.74) is 0.707. The molecule has 0 aliphatic carbocycles. The highest BCUT2D eigenvalue weighted by atomic mass is 19.2. The van der Waals surface area contributed by atoms with E-state index < -0.39 is 22.9 Å². The number of imidazole rings is 1. The highest BCUT2D eigenvalue weighted by Crippen LogP contribution is 2.33. The van der Waals surface area contributed by atoms with Gasteiger partial charge in [-0.15, -0.1) is 0 Å². The monoisotopic (exact) mass is 359 g/mol. The van der Waals surface area contributed by atoms with Gasteiger partial charge in [-0.05, 0) is 31.5 Å². The zero-order valence-electron chi connectivity index (χ0n) is 14.2. The first-order chi connectivity index (χ1) is 12.3. The van der Waals surface area contributed by atoms with Crippen molar-refractivity contribution in [2.75, 3.05) is 0 Å². The normalized spacial score (nSPS) is 11.9. The lowest BCUT2D eigenvalue weighted by atomic mass is 10.0. The third-order valence-electron chi connectivity index (χ3n) is 4.42. The predicted molar refractivity (Wildman–Crippen MR) is 93.2 cm³/mol. The van der Waals surface area contributed by atoms with E-state index in [9.17, 15) is 18.4 Å². The van der Waals surface area contributed by atoms with E-state index in [2.05, 4.69) is 15.1 Å². The molecule has 4 aromatic rings. The summed E-state index contributed by atoms with van der Waals surface area (Å²) in [5, 5.41) is 2.93. The first kappa shape index (κ1) is 16.2. The first-order valence-corrected chi connectivity index (χ1v) is 7.98. The number of nitrogens with zero attached hydrogens (tertiary/aromatic N) is 3. The lowest BCUT2D eigenvalue weighted by molar-refractivity contribution is 0.509. The highest BCUT2D eigenvalue weighted by Gasteiger charge is 2.23. The minimum Gasteiger partial charge on any atom is -0.293 e. The molecule has 0 fully saturated rings. The van der Waals surface area contributed by atoms with Crippen molar-refractivity contribution in [1.29, 1.82) is 0 Å². The fourth-order valence-corrected chi connectivity index (χ4v) is 3.18. The Morgan fingerprint density at radius 1 is 1.15 bits per heavy atom. The molecule has 7 nitrogen and oxygen atoms in total. The van der Waals surface area contributed by atoms with E-state index in [1.165, 1.54) is 17.7 Å². The Labute approximate surface area is 144 Å². The molecule has 3 heterocycles. The van der Waals surface area contributed by atoms with Gasteiger partial charge < -0.3 is 0 Å². The van der Waals surface area contributed by atoms with Crippen molar-refractivity contribution in [1.82, 2.24) is 24.3 Å². The molecule has 0 spiro atoms. The number of benzene rings is 1. The number of halogens is 2. The summed E-state index contributed by atoms with van der Waals surface area (Å²) in [4.78, 5) is 31.8. The van der Waals surface area contributed by atoms with Crippen LogP contribution in [-0.4, -0.2) is 24.3 Å². The van der Waals surface area contributed by atoms with Crippen molar-refractivity contribution in [3.8, 4) is 11.1 Å². The molecule has 26 heavy (non-hydrogen) atoms. The molecule has 3 aromatic heterocycles. The standard InChI is InChI=1S/C17H15F2N5O2/c1-7(2)24-15-12(16(25)22-24)11(8-4-5-9(18)10(19)6-8)13-14(20-15)21-17(26)23(13)3/h4-7H,1-3H3,(H,22,25)(H,20,21,26). The van der Waals surface area contributed by atoms with Crippen LogP contribution in [0.4, 0.5) is 8.78 Å². The van der Waals surface area contributed by atoms with E-state index >= 15 is 0 Å². The van der Waals surface area contributed by atoms with Crippen LogP contribution in [0, 0.1) is 11.6 Å². The molecule has 0 bridgehead atoms. The second-order valence-electron chi connectivity index (χ2n) is 6.41. The summed E-state index contributed by atoms with van der Waals surface area (Å²) in [6.45, 7) is 3.73. The van der Waals surface area contributed by atoms with Gasteiger partial charge in [0.05, 0.1) is 10.9 Å². The second-order valence-corrected chi connectivity index (χ2v) is 6.41. The number of aryl methyl sites for hydroxylation is 1. The van der Waals surface area contributed by atoms with E-state index in [0.717, 1.165) is 12.1 Å². The number of hydrogen-bond donors (Lipinski definition) is 2. The SMILES string of the molecule is CC(C)n1[nH]c(=O)c2c(-c3ccc(F)c(F)c3)c3c(nc21)[nH]c(=O)n3C. The van der Waals surface area contributed by atoms with Gasteiger partial charge in [0.25, 0.3) is 5.56 Å². The van der Waals surface area contributed by atoms with E-state index in [0.29, 0.717) is 16.7 Å². The molecule has 0 saturated heterocycles. The summed E-state index contributed by atoms with van der Waals surface area (Å²) >= 11 is 0. The first-order valence-electron chi connectivity index (χ1n) is 7.98. The van der Waals surface area contributed by atoms with Crippen LogP contribution >= 0.6 is 0 Å². The average molecular weight is 359 g/mol. The largest absolute Gasteiger partial charge is 0.327 e. The van der Waals surface area contributed by atoms with Gasteiger partial charge in [0.15, 0.2) is 22.9 Å². The van der Waals surface area contributed by atoms with Crippen LogP contribution in [0.3, 0.4) is 0 Å². The van der Waals surface area contributed by atoms with Crippen molar-refractivity contribution in [3.05, 3.63) is 50.7 Å². The van der Waals surface area contributed by atoms with Gasteiger partial charge in [-0.25, -0.2) is 18.6 Å². The molecule has 0 atom stereocenters. The Kier molecular flexibility index (Phi) is 3.36. The van der Waals surface area contributed by atoms with E-state index in [4.69, 9.17) is 0 Å². The average Bonchev–Trinajstić information content (AvgIpc) is 3.06. The number of hydrogen-bond acceptors (Lipinski definition) is 3. The van der Waals surface area contributed by atoms with Crippen LogP contribution in [0.15, 0.2) is 27.8 Å². The van der Waals surface area contributed by atoms with Crippen LogP contribution in [0.1, 0.15) is 19.9 Å². The fourth-order valence-electron chi connectivity index (χ4n) is 3.18. The zero-order chi connectivity index (χ0) is 18.7. The molecule has 0 amide bonds. The third-order valence-corrected chi connectivity index (χ3v) is 4.42. The van der Waals surface area contributed by atoms with Crippen molar-refractivity contribution in [2.45, 2.75) is 19.9 Å². The van der Waals surface area contributed by atoms with Crippen LogP contribution < -0.4 is 11.2 Å². The van der Waals surface area contributed by atoms with Crippen molar-refractivity contribution in [2.24, 2.45) is 7.05 Å². The fraction of sp³-hybridized carbons (Fsp3) is 0.235. The smallest absolute Gasteiger partial charge is 0.293 e. The molecule has 9 heteroatoms. The number of rotatable bonds is 2. The lowest BCUT2D eigenvalue weighted by Crippen LogP contribution is -2.12. The van der Waals surface area contributed by atoms with Crippen LogP contribution in [-0.2, 0) is 7.05 Å². The number of aromatic nitrogens is 5. The summed E-state index contributed by atoms with van der Waals surface area (Å²) in [7, 11) is 1.52. The van der Waals surface area contributed by atoms with Crippen LogP contribution in [0.2, 0.25) is 0 Å². The van der Waals surface area contributed by atoms with Gasteiger partial charge >= 0.3 is 5.69 Å². The molecule has 0 saturated carbocycles. The topological polar surface area (TPSA) is 88.5 Å². The van der Waals surface area contributed by atoms with Crippen molar-refractivity contribution in [3.63, 3.8) is 0 Å². The minimum atomic E-state index is -1.04. The number of pyridine rings is 1. The van der Waals surface area contributed by atoms with Gasteiger partial charge in [-0.1, -0.05) is 6.07 Å². The molecule has 1 aromatic carbocycles. The Morgan fingerprint density at radius 3 is 2.54 bits per heavy atom. The predicted octanol–water partition coefficient (Wildman–Crippen LogP) is 2.43. The van der Waals surface area contributed by atoms with Gasteiger partial charge in [0.2, 0.25) is 0 Å². The maximum Gasteiger partial charge on any atom is 0.327 e. The Hall–Kier alpha value is -3.23. The molecule has 0 aliphatic heterocycles. The van der Waals surface area contributed by atoms with Crippen LogP contribution in [0.5, 0.6) is 0 Å². The maximum absolute atomic E-state index is 13.8. The van der Waals surface area contributed by atoms with Crippen molar-refractivity contribution < 1.29 is 8.78 Å². The summed E-state index contributed by atoms with van der Waals surface area (Å²) < 4.78 is 30.1. The number of aromatic amines is 2. The molecule has 134 valence electrons. The van der Waals surface area contributed by atoms with E-state index in [1.807, 2.05) is 13.8 Å². The van der Waals surface area contributed by atoms with Crippen molar-refractivity contribution >= 4 is 22.2 Å². The molecular formula is C17H15F2N5O2. The Morgan fingerprint density at radius 2 is 1.88 bits per heavy atom. The van der Waals surface area contributed by atoms with Gasteiger partial charge in [-0.3, -0.25) is 24.1 Å². The Balaban J connectivity index is 2.28. The quantitative estimate of drug-likeness (QED) is 0.576. The highest BCUT2D eigenvalue weighted by molar-refractivity contribution is 6.06. The van der Waals surface area contributed by atoms with Gasteiger partial charge in [-0.2, -0.15) is 0 Å². The van der Waals surface area contributed by atoms with E-state index in [1.54, 1.807) is 4.68 Å². The number of H-pyrrole nitrogens is 2. The number of nitrogens with one attached hydrogen (secondary N) is 2. The minimum absolute atomic E-state index is 0.0987. The second kappa shape index (κ2) is 5.38. The zero-order valence-corrected chi connectivity index (χ0v) is 14.2. The third kappa shape index (κ3) is 2.13. The van der Waals surface area contributed by atoms with E-state index in [-0.39, 0.29) is 22.6 Å². The Bertz CT molecular complexity index is 1290. The van der Waals surface area contributed by atoms with Gasteiger partial charge in [0, 0.05) is 18.7 Å². The lowest BCUT2D eigenvalue weighted by Gasteiger charge is -2.10. The van der Waals surface area contributed by atoms with Gasteiger partial charge in [0.1, 0.15) is 0 Å². The number of fused-ring (bicyclic) bond motifs is 2.